The molecular formula is C16H18N4O2. The quantitative estimate of drug-likeness (QED) is 0.851. The standard InChI is InChI=1S/C16H18N4O2/c1-3-16(2,4-5-17)15(21)20-6-7-22-14-12(8-18)9-19-10-13(14)11-20/h9-10H,3-4,6-7,11H2,1-2H3/t16-/m1/s1. The number of rotatable bonds is 3. The lowest BCUT2D eigenvalue weighted by Gasteiger charge is -2.31. The number of pyridine rings is 1. The Morgan fingerprint density at radius 1 is 1.50 bits per heavy atom. The summed E-state index contributed by atoms with van der Waals surface area (Å²) in [4.78, 5) is 18.5. The average Bonchev–Trinajstić information content (AvgIpc) is 2.76. The number of carbonyl (C=O) groups excluding carboxylic acids is 1. The van der Waals surface area contributed by atoms with Gasteiger partial charge in [-0.2, -0.15) is 10.5 Å². The van der Waals surface area contributed by atoms with E-state index < -0.39 is 5.41 Å². The molecular weight excluding hydrogens is 280 g/mol. The summed E-state index contributed by atoms with van der Waals surface area (Å²) in [5, 5.41) is 18.1. The number of ether oxygens (including phenoxy) is 1. The molecule has 0 saturated heterocycles. The third-order valence-corrected chi connectivity index (χ3v) is 4.11. The molecule has 0 fully saturated rings. The first-order chi connectivity index (χ1) is 10.6. The Bertz CT molecular complexity index is 659. The van der Waals surface area contributed by atoms with Gasteiger partial charge in [0.05, 0.1) is 24.6 Å². The predicted molar refractivity (Wildman–Crippen MR) is 78.5 cm³/mol. The zero-order valence-corrected chi connectivity index (χ0v) is 12.8. The van der Waals surface area contributed by atoms with Gasteiger partial charge in [0.15, 0.2) is 0 Å². The van der Waals surface area contributed by atoms with Gasteiger partial charge in [0.25, 0.3) is 0 Å². The SMILES string of the molecule is CC[C@](C)(CC#N)C(=O)N1CCOc2c(C#N)cncc2C1. The number of nitriles is 2. The summed E-state index contributed by atoms with van der Waals surface area (Å²) in [6.07, 6.45) is 3.86. The second-order valence-electron chi connectivity index (χ2n) is 5.61. The van der Waals surface area contributed by atoms with E-state index in [1.54, 1.807) is 11.1 Å². The average molecular weight is 298 g/mol. The van der Waals surface area contributed by atoms with Crippen LogP contribution in [0.2, 0.25) is 0 Å². The second kappa shape index (κ2) is 6.44. The maximum atomic E-state index is 12.8. The Morgan fingerprint density at radius 2 is 2.27 bits per heavy atom. The maximum absolute atomic E-state index is 12.8. The van der Waals surface area contributed by atoms with Gasteiger partial charge >= 0.3 is 0 Å². The minimum absolute atomic E-state index is 0.0599. The van der Waals surface area contributed by atoms with Crippen LogP contribution < -0.4 is 4.74 Å². The Labute approximate surface area is 129 Å². The molecule has 1 aromatic rings. The van der Waals surface area contributed by atoms with Crippen molar-refractivity contribution in [1.29, 1.82) is 10.5 Å². The Morgan fingerprint density at radius 3 is 2.91 bits per heavy atom. The molecule has 0 spiro atoms. The van der Waals surface area contributed by atoms with Crippen molar-refractivity contribution >= 4 is 5.91 Å². The third-order valence-electron chi connectivity index (χ3n) is 4.11. The van der Waals surface area contributed by atoms with Crippen LogP contribution in [0, 0.1) is 28.1 Å². The molecule has 114 valence electrons. The van der Waals surface area contributed by atoms with Crippen LogP contribution in [0.25, 0.3) is 0 Å². The van der Waals surface area contributed by atoms with Crippen LogP contribution in [0.15, 0.2) is 12.4 Å². The summed E-state index contributed by atoms with van der Waals surface area (Å²) in [6, 6.07) is 4.15. The molecule has 1 aliphatic rings. The summed E-state index contributed by atoms with van der Waals surface area (Å²) in [5.41, 5.74) is 0.405. The van der Waals surface area contributed by atoms with Gasteiger partial charge in [-0.25, -0.2) is 0 Å². The zero-order chi connectivity index (χ0) is 16.2. The monoisotopic (exact) mass is 298 g/mol. The number of hydrogen-bond acceptors (Lipinski definition) is 5. The Hall–Kier alpha value is -2.60. The van der Waals surface area contributed by atoms with E-state index in [0.717, 1.165) is 5.56 Å². The summed E-state index contributed by atoms with van der Waals surface area (Å²) in [5.74, 6) is 0.446. The fraction of sp³-hybridized carbons (Fsp3) is 0.500. The summed E-state index contributed by atoms with van der Waals surface area (Å²) in [7, 11) is 0. The van der Waals surface area contributed by atoms with Gasteiger partial charge in [-0.3, -0.25) is 9.78 Å². The van der Waals surface area contributed by atoms with E-state index in [4.69, 9.17) is 15.3 Å². The molecule has 6 heteroatoms. The summed E-state index contributed by atoms with van der Waals surface area (Å²) >= 11 is 0. The maximum Gasteiger partial charge on any atom is 0.229 e. The van der Waals surface area contributed by atoms with Gasteiger partial charge in [-0.1, -0.05) is 6.92 Å². The van der Waals surface area contributed by atoms with E-state index in [2.05, 4.69) is 17.1 Å². The number of hydrogen-bond donors (Lipinski definition) is 0. The van der Waals surface area contributed by atoms with Gasteiger partial charge in [-0.15, -0.1) is 0 Å². The highest BCUT2D eigenvalue weighted by molar-refractivity contribution is 5.82. The van der Waals surface area contributed by atoms with Crippen LogP contribution in [-0.2, 0) is 11.3 Å². The Balaban J connectivity index is 2.30. The van der Waals surface area contributed by atoms with Crippen molar-refractivity contribution in [3.8, 4) is 17.9 Å². The van der Waals surface area contributed by atoms with Crippen molar-refractivity contribution in [2.75, 3.05) is 13.2 Å². The molecule has 0 bridgehead atoms. The molecule has 0 N–H and O–H groups in total. The molecule has 2 heterocycles. The van der Waals surface area contributed by atoms with Crippen molar-refractivity contribution in [1.82, 2.24) is 9.88 Å². The molecule has 6 nitrogen and oxygen atoms in total. The van der Waals surface area contributed by atoms with Crippen molar-refractivity contribution in [2.45, 2.75) is 33.2 Å². The van der Waals surface area contributed by atoms with E-state index in [9.17, 15) is 4.79 Å². The molecule has 1 amide bonds. The molecule has 0 saturated carbocycles. The molecule has 0 unspecified atom stereocenters. The van der Waals surface area contributed by atoms with Gasteiger partial charge in [0, 0.05) is 24.4 Å². The van der Waals surface area contributed by atoms with Crippen molar-refractivity contribution < 1.29 is 9.53 Å². The highest BCUT2D eigenvalue weighted by Crippen LogP contribution is 2.31. The smallest absolute Gasteiger partial charge is 0.229 e. The molecule has 0 radical (unpaired) electrons. The van der Waals surface area contributed by atoms with Crippen molar-refractivity contribution in [2.24, 2.45) is 5.41 Å². The van der Waals surface area contributed by atoms with Crippen LogP contribution in [0.5, 0.6) is 5.75 Å². The minimum atomic E-state index is -0.695. The first-order valence-electron chi connectivity index (χ1n) is 7.22. The van der Waals surface area contributed by atoms with Gasteiger partial charge in [0.2, 0.25) is 5.91 Å². The lowest BCUT2D eigenvalue weighted by Crippen LogP contribution is -2.42. The highest BCUT2D eigenvalue weighted by Gasteiger charge is 2.36. The number of amides is 1. The highest BCUT2D eigenvalue weighted by atomic mass is 16.5. The van der Waals surface area contributed by atoms with Crippen molar-refractivity contribution in [3.05, 3.63) is 23.5 Å². The topological polar surface area (TPSA) is 90.0 Å². The van der Waals surface area contributed by atoms with Crippen LogP contribution in [0.4, 0.5) is 0 Å². The fourth-order valence-corrected chi connectivity index (χ4v) is 2.48. The lowest BCUT2D eigenvalue weighted by molar-refractivity contribution is -0.142. The van der Waals surface area contributed by atoms with Gasteiger partial charge in [0.1, 0.15) is 24.0 Å². The molecule has 1 aliphatic heterocycles. The number of nitrogens with zero attached hydrogens (tertiary/aromatic N) is 4. The molecule has 22 heavy (non-hydrogen) atoms. The first-order valence-corrected chi connectivity index (χ1v) is 7.22. The molecule has 0 aromatic carbocycles. The molecule has 0 aliphatic carbocycles. The van der Waals surface area contributed by atoms with Crippen LogP contribution >= 0.6 is 0 Å². The largest absolute Gasteiger partial charge is 0.490 e. The third kappa shape index (κ3) is 2.87. The predicted octanol–water partition coefficient (Wildman–Crippen LogP) is 2.00. The number of aromatic nitrogens is 1. The fourth-order valence-electron chi connectivity index (χ4n) is 2.48. The zero-order valence-electron chi connectivity index (χ0n) is 12.8. The van der Waals surface area contributed by atoms with Crippen LogP contribution in [0.1, 0.15) is 37.8 Å². The van der Waals surface area contributed by atoms with Crippen molar-refractivity contribution in [3.63, 3.8) is 0 Å². The van der Waals surface area contributed by atoms with Crippen LogP contribution in [0.3, 0.4) is 0 Å². The normalized spacial score (nSPS) is 16.3. The summed E-state index contributed by atoms with van der Waals surface area (Å²) in [6.45, 7) is 4.82. The first kappa shape index (κ1) is 15.8. The van der Waals surface area contributed by atoms with Gasteiger partial charge < -0.3 is 9.64 Å². The molecule has 1 aromatic heterocycles. The van der Waals surface area contributed by atoms with Crippen LogP contribution in [-0.4, -0.2) is 28.9 Å². The molecule has 1 atom stereocenters. The van der Waals surface area contributed by atoms with E-state index >= 15 is 0 Å². The van der Waals surface area contributed by atoms with Gasteiger partial charge in [-0.05, 0) is 13.3 Å². The Kier molecular flexibility index (Phi) is 4.62. The van der Waals surface area contributed by atoms with E-state index in [1.165, 1.54) is 6.20 Å². The number of carbonyl (C=O) groups is 1. The van der Waals surface area contributed by atoms with E-state index in [1.807, 2.05) is 13.8 Å². The summed E-state index contributed by atoms with van der Waals surface area (Å²) < 4.78 is 5.64. The lowest BCUT2D eigenvalue weighted by atomic mass is 9.83. The second-order valence-corrected chi connectivity index (χ2v) is 5.61. The number of fused-ring (bicyclic) bond motifs is 1. The van der Waals surface area contributed by atoms with E-state index in [0.29, 0.717) is 37.4 Å². The molecule has 2 rings (SSSR count). The minimum Gasteiger partial charge on any atom is -0.490 e. The van der Waals surface area contributed by atoms with E-state index in [-0.39, 0.29) is 12.3 Å².